The molecule has 0 atom stereocenters. The fourth-order valence-corrected chi connectivity index (χ4v) is 4.23. The Morgan fingerprint density at radius 3 is 2.67 bits per heavy atom. The van der Waals surface area contributed by atoms with Gasteiger partial charge in [-0.1, -0.05) is 46.3 Å². The maximum Gasteiger partial charge on any atom is 0.132 e. The van der Waals surface area contributed by atoms with Gasteiger partial charge in [0.2, 0.25) is 0 Å². The zero-order valence-corrected chi connectivity index (χ0v) is 16.7. The zero-order valence-electron chi connectivity index (χ0n) is 15.1. The van der Waals surface area contributed by atoms with E-state index in [9.17, 15) is 5.11 Å². The average Bonchev–Trinajstić information content (AvgIpc) is 2.72. The standard InChI is InChI=1S/C22H23BrN2O2/c23-19-6-3-5-18(13-19)22(8-10-27-11-9-22)15-24-21-17(14-26)12-16-4-1-2-7-20(16)25-21/h1-7,12-13,26H,8-11,14-15H2,(H,24,25). The van der Waals surface area contributed by atoms with Crippen LogP contribution in [0, 0.1) is 0 Å². The van der Waals surface area contributed by atoms with Gasteiger partial charge in [-0.15, -0.1) is 0 Å². The second kappa shape index (κ2) is 7.97. The summed E-state index contributed by atoms with van der Waals surface area (Å²) in [6, 6.07) is 18.5. The summed E-state index contributed by atoms with van der Waals surface area (Å²) < 4.78 is 6.72. The van der Waals surface area contributed by atoms with E-state index in [0.717, 1.165) is 59.4 Å². The van der Waals surface area contributed by atoms with Crippen molar-refractivity contribution in [3.8, 4) is 0 Å². The van der Waals surface area contributed by atoms with Crippen molar-refractivity contribution in [1.82, 2.24) is 4.98 Å². The van der Waals surface area contributed by atoms with Crippen LogP contribution in [0.2, 0.25) is 0 Å². The highest BCUT2D eigenvalue weighted by molar-refractivity contribution is 9.10. The summed E-state index contributed by atoms with van der Waals surface area (Å²) in [5.74, 6) is 0.761. The van der Waals surface area contributed by atoms with E-state index in [4.69, 9.17) is 9.72 Å². The van der Waals surface area contributed by atoms with Gasteiger partial charge in [-0.3, -0.25) is 0 Å². The molecule has 0 spiro atoms. The van der Waals surface area contributed by atoms with E-state index in [1.807, 2.05) is 30.3 Å². The lowest BCUT2D eigenvalue weighted by Gasteiger charge is -2.38. The highest BCUT2D eigenvalue weighted by atomic mass is 79.9. The molecule has 140 valence electrons. The maximum atomic E-state index is 9.83. The van der Waals surface area contributed by atoms with Gasteiger partial charge >= 0.3 is 0 Å². The molecule has 1 aliphatic rings. The SMILES string of the molecule is OCc1cc2ccccc2nc1NCC1(c2cccc(Br)c2)CCOCC1. The topological polar surface area (TPSA) is 54.4 Å². The Morgan fingerprint density at radius 1 is 1.07 bits per heavy atom. The number of aliphatic hydroxyl groups excluding tert-OH is 1. The van der Waals surface area contributed by atoms with E-state index >= 15 is 0 Å². The molecule has 1 aliphatic heterocycles. The third kappa shape index (κ3) is 3.86. The average molecular weight is 427 g/mol. The summed E-state index contributed by atoms with van der Waals surface area (Å²) in [6.45, 7) is 2.23. The van der Waals surface area contributed by atoms with Gasteiger partial charge in [0.05, 0.1) is 12.1 Å². The number of benzene rings is 2. The molecule has 0 bridgehead atoms. The summed E-state index contributed by atoms with van der Waals surface area (Å²) in [7, 11) is 0. The van der Waals surface area contributed by atoms with Gasteiger partial charge in [0.25, 0.3) is 0 Å². The van der Waals surface area contributed by atoms with Crippen LogP contribution in [0.3, 0.4) is 0 Å². The van der Waals surface area contributed by atoms with Crippen molar-refractivity contribution >= 4 is 32.7 Å². The molecule has 0 aliphatic carbocycles. The van der Waals surface area contributed by atoms with Crippen LogP contribution in [0.5, 0.6) is 0 Å². The van der Waals surface area contributed by atoms with Crippen LogP contribution >= 0.6 is 15.9 Å². The Morgan fingerprint density at radius 2 is 1.89 bits per heavy atom. The smallest absolute Gasteiger partial charge is 0.132 e. The Kier molecular flexibility index (Phi) is 5.43. The minimum absolute atomic E-state index is 0.0118. The molecule has 0 saturated carbocycles. The maximum absolute atomic E-state index is 9.83. The van der Waals surface area contributed by atoms with Gasteiger partial charge in [0, 0.05) is 40.6 Å². The van der Waals surface area contributed by atoms with E-state index < -0.39 is 0 Å². The molecule has 2 N–H and O–H groups in total. The highest BCUT2D eigenvalue weighted by Crippen LogP contribution is 2.36. The van der Waals surface area contributed by atoms with Crippen LogP contribution in [0.1, 0.15) is 24.0 Å². The van der Waals surface area contributed by atoms with Crippen molar-refractivity contribution in [2.45, 2.75) is 24.9 Å². The normalized spacial score (nSPS) is 16.4. The largest absolute Gasteiger partial charge is 0.392 e. The number of nitrogens with one attached hydrogen (secondary N) is 1. The lowest BCUT2D eigenvalue weighted by atomic mass is 9.74. The number of para-hydroxylation sites is 1. The van der Waals surface area contributed by atoms with Crippen LogP contribution in [-0.4, -0.2) is 29.8 Å². The Bertz CT molecular complexity index is 938. The molecule has 5 heteroatoms. The summed E-state index contributed by atoms with van der Waals surface area (Å²) in [4.78, 5) is 4.76. The first kappa shape index (κ1) is 18.4. The van der Waals surface area contributed by atoms with Gasteiger partial charge in [-0.25, -0.2) is 4.98 Å². The van der Waals surface area contributed by atoms with Gasteiger partial charge in [-0.05, 0) is 42.7 Å². The van der Waals surface area contributed by atoms with E-state index in [1.165, 1.54) is 5.56 Å². The first-order valence-corrected chi connectivity index (χ1v) is 10.1. The van der Waals surface area contributed by atoms with Crippen LogP contribution in [0.15, 0.2) is 59.1 Å². The first-order chi connectivity index (χ1) is 13.2. The lowest BCUT2D eigenvalue weighted by molar-refractivity contribution is 0.0543. The van der Waals surface area contributed by atoms with E-state index in [2.05, 4.69) is 45.5 Å². The minimum atomic E-state index is -0.0346. The zero-order chi connectivity index (χ0) is 18.7. The molecule has 4 nitrogen and oxygen atoms in total. The number of anilines is 1. The molecule has 3 aromatic rings. The molecule has 1 aromatic heterocycles. The fourth-order valence-electron chi connectivity index (χ4n) is 3.83. The summed E-state index contributed by atoms with van der Waals surface area (Å²) in [5.41, 5.74) is 3.05. The van der Waals surface area contributed by atoms with Crippen molar-refractivity contribution in [1.29, 1.82) is 0 Å². The number of fused-ring (bicyclic) bond motifs is 1. The van der Waals surface area contributed by atoms with Gasteiger partial charge in [-0.2, -0.15) is 0 Å². The Labute approximate surface area is 167 Å². The van der Waals surface area contributed by atoms with Gasteiger partial charge < -0.3 is 15.2 Å². The highest BCUT2D eigenvalue weighted by Gasteiger charge is 2.34. The summed E-state index contributed by atoms with van der Waals surface area (Å²) >= 11 is 3.60. The van der Waals surface area contributed by atoms with E-state index in [1.54, 1.807) is 0 Å². The second-order valence-corrected chi connectivity index (χ2v) is 8.02. The monoisotopic (exact) mass is 426 g/mol. The lowest BCUT2D eigenvalue weighted by Crippen LogP contribution is -2.40. The fraction of sp³-hybridized carbons (Fsp3) is 0.318. The quantitative estimate of drug-likeness (QED) is 0.623. The van der Waals surface area contributed by atoms with Crippen molar-refractivity contribution in [2.75, 3.05) is 25.1 Å². The van der Waals surface area contributed by atoms with Gasteiger partial charge in [0.1, 0.15) is 5.82 Å². The van der Waals surface area contributed by atoms with E-state index in [-0.39, 0.29) is 12.0 Å². The Balaban J connectivity index is 1.66. The molecule has 0 radical (unpaired) electrons. The predicted octanol–water partition coefficient (Wildman–Crippen LogP) is 4.65. The third-order valence-corrected chi connectivity index (χ3v) is 5.95. The van der Waals surface area contributed by atoms with Crippen LogP contribution in [0.4, 0.5) is 5.82 Å². The van der Waals surface area contributed by atoms with Crippen LogP contribution in [-0.2, 0) is 16.8 Å². The molecule has 27 heavy (non-hydrogen) atoms. The number of nitrogens with zero attached hydrogens (tertiary/aromatic N) is 1. The molecular formula is C22H23BrN2O2. The summed E-state index contributed by atoms with van der Waals surface area (Å²) in [5, 5.41) is 14.4. The molecular weight excluding hydrogens is 404 g/mol. The van der Waals surface area contributed by atoms with Crippen LogP contribution in [0.25, 0.3) is 10.9 Å². The molecule has 2 aromatic carbocycles. The number of hydrogen-bond donors (Lipinski definition) is 2. The molecule has 2 heterocycles. The number of aromatic nitrogens is 1. The number of aliphatic hydroxyl groups is 1. The summed E-state index contributed by atoms with van der Waals surface area (Å²) in [6.07, 6.45) is 1.91. The second-order valence-electron chi connectivity index (χ2n) is 7.10. The van der Waals surface area contributed by atoms with Gasteiger partial charge in [0.15, 0.2) is 0 Å². The first-order valence-electron chi connectivity index (χ1n) is 9.27. The Hall–Kier alpha value is -1.95. The molecule has 4 rings (SSSR count). The molecule has 1 saturated heterocycles. The third-order valence-electron chi connectivity index (χ3n) is 5.45. The van der Waals surface area contributed by atoms with E-state index in [0.29, 0.717) is 0 Å². The number of ether oxygens (including phenoxy) is 1. The molecule has 0 amide bonds. The van der Waals surface area contributed by atoms with Crippen molar-refractivity contribution in [2.24, 2.45) is 0 Å². The number of rotatable bonds is 5. The predicted molar refractivity (Wildman–Crippen MR) is 112 cm³/mol. The van der Waals surface area contributed by atoms with Crippen molar-refractivity contribution < 1.29 is 9.84 Å². The number of hydrogen-bond acceptors (Lipinski definition) is 4. The van der Waals surface area contributed by atoms with Crippen molar-refractivity contribution in [3.63, 3.8) is 0 Å². The molecule has 0 unspecified atom stereocenters. The van der Waals surface area contributed by atoms with Crippen molar-refractivity contribution in [3.05, 3.63) is 70.2 Å². The number of halogens is 1. The van der Waals surface area contributed by atoms with Crippen LogP contribution < -0.4 is 5.32 Å². The molecule has 1 fully saturated rings. The minimum Gasteiger partial charge on any atom is -0.392 e. The number of pyridine rings is 1.